The van der Waals surface area contributed by atoms with E-state index in [0.717, 1.165) is 6.20 Å². The number of ether oxygens (including phenoxy) is 2. The van der Waals surface area contributed by atoms with Gasteiger partial charge in [-0.25, -0.2) is 9.59 Å². The monoisotopic (exact) mass is 189 g/mol. The predicted octanol–water partition coefficient (Wildman–Crippen LogP) is 0.788. The highest BCUT2D eigenvalue weighted by Gasteiger charge is 2.11. The molecule has 8 nitrogen and oxygen atoms in total. The zero-order valence-corrected chi connectivity index (χ0v) is 5.96. The van der Waals surface area contributed by atoms with Gasteiger partial charge in [0.25, 0.3) is 0 Å². The van der Waals surface area contributed by atoms with E-state index in [9.17, 15) is 9.59 Å². The lowest BCUT2D eigenvalue weighted by Crippen LogP contribution is -2.03. The van der Waals surface area contributed by atoms with Crippen LogP contribution in [0.5, 0.6) is 12.0 Å². The molecule has 0 aromatic carbocycles. The maximum atomic E-state index is 9.93. The van der Waals surface area contributed by atoms with Gasteiger partial charge in [0, 0.05) is 0 Å². The first-order valence-corrected chi connectivity index (χ1v) is 2.85. The first kappa shape index (κ1) is 8.84. The Bertz CT molecular complexity index is 299. The highest BCUT2D eigenvalue weighted by atomic mass is 16.7. The minimum Gasteiger partial charge on any atom is -0.449 e. The van der Waals surface area contributed by atoms with Crippen molar-refractivity contribution in [3.8, 4) is 12.0 Å². The number of aromatic nitrogens is 1. The van der Waals surface area contributed by atoms with Crippen LogP contribution in [0.4, 0.5) is 9.59 Å². The van der Waals surface area contributed by atoms with Crippen molar-refractivity contribution in [1.29, 1.82) is 0 Å². The van der Waals surface area contributed by atoms with Gasteiger partial charge in [0.2, 0.25) is 0 Å². The van der Waals surface area contributed by atoms with Gasteiger partial charge < -0.3 is 24.1 Å². The van der Waals surface area contributed by atoms with Crippen molar-refractivity contribution >= 4 is 12.3 Å². The largest absolute Gasteiger partial charge is 0.514 e. The van der Waals surface area contributed by atoms with Crippen LogP contribution in [0.2, 0.25) is 0 Å². The Labute approximate surface area is 70.3 Å². The average Bonchev–Trinajstić information content (AvgIpc) is 2.33. The van der Waals surface area contributed by atoms with Crippen LogP contribution in [0.1, 0.15) is 0 Å². The van der Waals surface area contributed by atoms with E-state index < -0.39 is 24.3 Å². The average molecular weight is 189 g/mol. The van der Waals surface area contributed by atoms with E-state index in [0.29, 0.717) is 0 Å². The van der Waals surface area contributed by atoms with Crippen molar-refractivity contribution in [2.75, 3.05) is 0 Å². The van der Waals surface area contributed by atoms with Crippen LogP contribution in [-0.2, 0) is 0 Å². The molecule has 0 saturated carbocycles. The van der Waals surface area contributed by atoms with Crippen LogP contribution < -0.4 is 9.47 Å². The lowest BCUT2D eigenvalue weighted by Gasteiger charge is -1.91. The summed E-state index contributed by atoms with van der Waals surface area (Å²) in [4.78, 5) is 23.1. The van der Waals surface area contributed by atoms with Gasteiger partial charge in [0.15, 0.2) is 0 Å². The summed E-state index contributed by atoms with van der Waals surface area (Å²) in [6, 6.07) is 0. The third-order valence-electron chi connectivity index (χ3n) is 0.826. The standard InChI is InChI=1S/C5H3NO7/c7-4(8)12-2-1-6-3(11-2)13-5(9)10/h1H,(H,7,8)(H,9,10). The number of carbonyl (C=O) groups is 2. The van der Waals surface area contributed by atoms with Gasteiger partial charge in [-0.05, 0) is 0 Å². The molecular formula is C5H3NO7. The maximum Gasteiger partial charge on any atom is 0.514 e. The Kier molecular flexibility index (Phi) is 2.33. The lowest BCUT2D eigenvalue weighted by molar-refractivity contribution is 0.118. The Hall–Kier alpha value is -2.25. The molecule has 0 aliphatic carbocycles. The summed E-state index contributed by atoms with van der Waals surface area (Å²) in [7, 11) is 0. The molecule has 0 saturated heterocycles. The molecule has 0 bridgehead atoms. The van der Waals surface area contributed by atoms with E-state index in [1.54, 1.807) is 0 Å². The fourth-order valence-electron chi connectivity index (χ4n) is 0.499. The van der Waals surface area contributed by atoms with Gasteiger partial charge in [-0.2, -0.15) is 4.98 Å². The number of oxazole rings is 1. The molecule has 0 aliphatic heterocycles. The van der Waals surface area contributed by atoms with E-state index in [-0.39, 0.29) is 0 Å². The van der Waals surface area contributed by atoms with Gasteiger partial charge in [0.05, 0.1) is 0 Å². The summed E-state index contributed by atoms with van der Waals surface area (Å²) in [6.45, 7) is 0. The topological polar surface area (TPSA) is 119 Å². The molecule has 2 N–H and O–H groups in total. The number of nitrogens with zero attached hydrogens (tertiary/aromatic N) is 1. The van der Waals surface area contributed by atoms with Gasteiger partial charge in [-0.1, -0.05) is 0 Å². The van der Waals surface area contributed by atoms with Crippen molar-refractivity contribution in [3.05, 3.63) is 6.20 Å². The molecule has 1 aromatic rings. The van der Waals surface area contributed by atoms with Crippen LogP contribution in [0.3, 0.4) is 0 Å². The van der Waals surface area contributed by atoms with Crippen molar-refractivity contribution < 1.29 is 33.7 Å². The molecule has 1 heterocycles. The zero-order chi connectivity index (χ0) is 9.84. The molecule has 13 heavy (non-hydrogen) atoms. The predicted molar refractivity (Wildman–Crippen MR) is 33.8 cm³/mol. The molecular weight excluding hydrogens is 186 g/mol. The Balaban J connectivity index is 2.63. The second-order valence-electron chi connectivity index (χ2n) is 1.68. The summed E-state index contributed by atoms with van der Waals surface area (Å²) in [5.74, 6) is -0.469. The quantitative estimate of drug-likeness (QED) is 0.655. The first-order valence-electron chi connectivity index (χ1n) is 2.85. The molecule has 0 aliphatic rings. The third kappa shape index (κ3) is 2.69. The van der Waals surface area contributed by atoms with Crippen molar-refractivity contribution in [3.63, 3.8) is 0 Å². The smallest absolute Gasteiger partial charge is 0.449 e. The fraction of sp³-hybridized carbons (Fsp3) is 0. The number of hydrogen-bond acceptors (Lipinski definition) is 6. The Morgan fingerprint density at radius 1 is 1.31 bits per heavy atom. The Morgan fingerprint density at radius 2 is 1.92 bits per heavy atom. The molecule has 0 unspecified atom stereocenters. The summed E-state index contributed by atoms with van der Waals surface area (Å²) in [5, 5.41) is 16.2. The Morgan fingerprint density at radius 3 is 2.46 bits per heavy atom. The summed E-state index contributed by atoms with van der Waals surface area (Å²) < 4.78 is 12.3. The van der Waals surface area contributed by atoms with E-state index in [1.807, 2.05) is 0 Å². The van der Waals surface area contributed by atoms with Crippen molar-refractivity contribution in [2.45, 2.75) is 0 Å². The molecule has 70 valence electrons. The normalized spacial score (nSPS) is 9.23. The van der Waals surface area contributed by atoms with Crippen LogP contribution in [0.25, 0.3) is 0 Å². The molecule has 0 spiro atoms. The highest BCUT2D eigenvalue weighted by molar-refractivity contribution is 5.60. The van der Waals surface area contributed by atoms with Gasteiger partial charge >= 0.3 is 24.3 Å². The summed E-state index contributed by atoms with van der Waals surface area (Å²) in [5.41, 5.74) is 0. The van der Waals surface area contributed by atoms with E-state index in [1.165, 1.54) is 0 Å². The van der Waals surface area contributed by atoms with E-state index in [2.05, 4.69) is 18.9 Å². The number of rotatable bonds is 2. The van der Waals surface area contributed by atoms with Crippen LogP contribution in [-0.4, -0.2) is 27.5 Å². The molecule has 1 rings (SSSR count). The highest BCUT2D eigenvalue weighted by Crippen LogP contribution is 2.18. The van der Waals surface area contributed by atoms with E-state index >= 15 is 0 Å². The van der Waals surface area contributed by atoms with Crippen LogP contribution >= 0.6 is 0 Å². The second kappa shape index (κ2) is 3.43. The molecule has 0 fully saturated rings. The molecule has 0 radical (unpaired) electrons. The minimum absolute atomic E-state index is 0.469. The number of hydrogen-bond donors (Lipinski definition) is 2. The first-order chi connectivity index (χ1) is 6.08. The van der Waals surface area contributed by atoms with E-state index in [4.69, 9.17) is 10.2 Å². The summed E-state index contributed by atoms with van der Waals surface area (Å²) >= 11 is 0. The van der Waals surface area contributed by atoms with Crippen LogP contribution in [0, 0.1) is 0 Å². The zero-order valence-electron chi connectivity index (χ0n) is 5.96. The molecule has 8 heteroatoms. The minimum atomic E-state index is -1.62. The van der Waals surface area contributed by atoms with Crippen molar-refractivity contribution in [1.82, 2.24) is 4.98 Å². The maximum absolute atomic E-state index is 9.93. The lowest BCUT2D eigenvalue weighted by atomic mass is 10.9. The molecule has 1 aromatic heterocycles. The van der Waals surface area contributed by atoms with Gasteiger partial charge in [-0.3, -0.25) is 0 Å². The SMILES string of the molecule is O=C(O)Oc1cnc(OC(=O)O)o1. The molecule has 0 amide bonds. The van der Waals surface area contributed by atoms with Gasteiger partial charge in [0.1, 0.15) is 6.20 Å². The third-order valence-corrected chi connectivity index (χ3v) is 0.826. The molecule has 0 atom stereocenters. The van der Waals surface area contributed by atoms with Gasteiger partial charge in [-0.15, -0.1) is 0 Å². The second-order valence-corrected chi connectivity index (χ2v) is 1.68. The fourth-order valence-corrected chi connectivity index (χ4v) is 0.499. The number of carboxylic acid groups (broad SMARTS) is 2. The van der Waals surface area contributed by atoms with Crippen LogP contribution in [0.15, 0.2) is 10.6 Å². The van der Waals surface area contributed by atoms with Crippen molar-refractivity contribution in [2.24, 2.45) is 0 Å². The summed E-state index contributed by atoms with van der Waals surface area (Å²) in [6.07, 6.45) is -2.96.